The molecule has 2 rings (SSSR count). The van der Waals surface area contributed by atoms with Crippen LogP contribution in [0.3, 0.4) is 0 Å². The first-order chi connectivity index (χ1) is 13.0. The molecule has 0 atom stereocenters. The van der Waals surface area contributed by atoms with Crippen LogP contribution in [-0.4, -0.2) is 42.4 Å². The highest BCUT2D eigenvalue weighted by molar-refractivity contribution is 7.15. The number of ether oxygens (including phenoxy) is 2. The third-order valence-corrected chi connectivity index (χ3v) is 4.15. The Morgan fingerprint density at radius 3 is 2.67 bits per heavy atom. The molecule has 0 saturated carbocycles. The van der Waals surface area contributed by atoms with Gasteiger partial charge in [0.2, 0.25) is 16.9 Å². The molecule has 0 aliphatic heterocycles. The van der Waals surface area contributed by atoms with E-state index < -0.39 is 0 Å². The van der Waals surface area contributed by atoms with Gasteiger partial charge in [0.05, 0.1) is 26.9 Å². The molecule has 144 valence electrons. The lowest BCUT2D eigenvalue weighted by Crippen LogP contribution is -2.19. The zero-order chi connectivity index (χ0) is 19.6. The summed E-state index contributed by atoms with van der Waals surface area (Å²) < 4.78 is 10.4. The van der Waals surface area contributed by atoms with E-state index in [9.17, 15) is 9.59 Å². The SMILES string of the molecule is CCCC(=O)Nc1nnc(CC(=O)NN=Cc2ccc(OC)c(OC)c2)s1. The maximum Gasteiger partial charge on any atom is 0.247 e. The number of amides is 2. The van der Waals surface area contributed by atoms with Crippen LogP contribution in [0.5, 0.6) is 11.5 Å². The Balaban J connectivity index is 1.86. The number of nitrogens with one attached hydrogen (secondary N) is 2. The van der Waals surface area contributed by atoms with Gasteiger partial charge in [-0.15, -0.1) is 10.2 Å². The summed E-state index contributed by atoms with van der Waals surface area (Å²) in [6.45, 7) is 1.91. The van der Waals surface area contributed by atoms with Crippen LogP contribution < -0.4 is 20.2 Å². The summed E-state index contributed by atoms with van der Waals surface area (Å²) in [6, 6.07) is 5.27. The number of hydrazone groups is 1. The Kier molecular flexibility index (Phi) is 7.68. The van der Waals surface area contributed by atoms with Crippen LogP contribution in [0, 0.1) is 0 Å². The fraction of sp³-hybridized carbons (Fsp3) is 0.353. The molecule has 10 heteroatoms. The molecule has 0 unspecified atom stereocenters. The fourth-order valence-electron chi connectivity index (χ4n) is 2.07. The fourth-order valence-corrected chi connectivity index (χ4v) is 2.83. The lowest BCUT2D eigenvalue weighted by molar-refractivity contribution is -0.120. The normalized spacial score (nSPS) is 10.6. The molecule has 0 fully saturated rings. The van der Waals surface area contributed by atoms with Gasteiger partial charge in [0.15, 0.2) is 11.5 Å². The molecule has 1 aromatic heterocycles. The van der Waals surface area contributed by atoms with E-state index in [-0.39, 0.29) is 18.2 Å². The van der Waals surface area contributed by atoms with E-state index in [2.05, 4.69) is 26.0 Å². The van der Waals surface area contributed by atoms with Gasteiger partial charge in [-0.1, -0.05) is 18.3 Å². The van der Waals surface area contributed by atoms with Crippen LogP contribution >= 0.6 is 11.3 Å². The molecule has 0 aliphatic rings. The molecule has 9 nitrogen and oxygen atoms in total. The van der Waals surface area contributed by atoms with Crippen LogP contribution in [0.4, 0.5) is 5.13 Å². The molecular weight excluding hydrogens is 370 g/mol. The minimum atomic E-state index is -0.339. The number of methoxy groups -OCH3 is 2. The van der Waals surface area contributed by atoms with Gasteiger partial charge < -0.3 is 14.8 Å². The van der Waals surface area contributed by atoms with E-state index in [4.69, 9.17) is 9.47 Å². The van der Waals surface area contributed by atoms with E-state index in [0.29, 0.717) is 28.1 Å². The Morgan fingerprint density at radius 2 is 1.96 bits per heavy atom. The molecule has 0 spiro atoms. The molecule has 2 aromatic rings. The topological polar surface area (TPSA) is 115 Å². The summed E-state index contributed by atoms with van der Waals surface area (Å²) in [7, 11) is 3.10. The van der Waals surface area contributed by atoms with Gasteiger partial charge in [-0.3, -0.25) is 9.59 Å². The van der Waals surface area contributed by atoms with Crippen LogP contribution in [-0.2, 0) is 16.0 Å². The van der Waals surface area contributed by atoms with Crippen molar-refractivity contribution in [3.63, 3.8) is 0 Å². The van der Waals surface area contributed by atoms with Crippen molar-refractivity contribution in [3.8, 4) is 11.5 Å². The number of anilines is 1. The van der Waals surface area contributed by atoms with E-state index in [1.165, 1.54) is 6.21 Å². The molecule has 2 amide bonds. The quantitative estimate of drug-likeness (QED) is 0.499. The molecule has 1 aromatic carbocycles. The smallest absolute Gasteiger partial charge is 0.247 e. The van der Waals surface area contributed by atoms with Crippen molar-refractivity contribution in [3.05, 3.63) is 28.8 Å². The highest BCUT2D eigenvalue weighted by Gasteiger charge is 2.11. The number of benzene rings is 1. The average molecular weight is 391 g/mol. The molecule has 0 saturated heterocycles. The van der Waals surface area contributed by atoms with E-state index in [0.717, 1.165) is 23.3 Å². The van der Waals surface area contributed by atoms with E-state index in [1.54, 1.807) is 32.4 Å². The number of carbonyl (C=O) groups excluding carboxylic acids is 2. The molecular formula is C17H21N5O4S. The number of carbonyl (C=O) groups is 2. The molecule has 1 heterocycles. The summed E-state index contributed by atoms with van der Waals surface area (Å²) >= 11 is 1.16. The monoisotopic (exact) mass is 391 g/mol. The van der Waals surface area contributed by atoms with Gasteiger partial charge in [-0.2, -0.15) is 5.10 Å². The Morgan fingerprint density at radius 1 is 1.19 bits per heavy atom. The van der Waals surface area contributed by atoms with Crippen molar-refractivity contribution in [2.45, 2.75) is 26.2 Å². The molecule has 0 aliphatic carbocycles. The second-order valence-corrected chi connectivity index (χ2v) is 6.45. The van der Waals surface area contributed by atoms with Gasteiger partial charge in [0.1, 0.15) is 5.01 Å². The summed E-state index contributed by atoms with van der Waals surface area (Å²) in [5.74, 6) is 0.717. The maximum atomic E-state index is 11.9. The molecule has 27 heavy (non-hydrogen) atoms. The second kappa shape index (κ2) is 10.2. The van der Waals surface area contributed by atoms with Gasteiger partial charge in [-0.05, 0) is 30.2 Å². The Bertz CT molecular complexity index is 821. The predicted octanol–water partition coefficient (Wildman–Crippen LogP) is 1.99. The number of hydrogen-bond donors (Lipinski definition) is 2. The van der Waals surface area contributed by atoms with Gasteiger partial charge >= 0.3 is 0 Å². The maximum absolute atomic E-state index is 11.9. The predicted molar refractivity (Wildman–Crippen MR) is 102 cm³/mol. The number of aromatic nitrogens is 2. The van der Waals surface area contributed by atoms with Crippen molar-refractivity contribution in [1.82, 2.24) is 15.6 Å². The van der Waals surface area contributed by atoms with Crippen molar-refractivity contribution in [2.24, 2.45) is 5.10 Å². The van der Waals surface area contributed by atoms with Crippen LogP contribution in [0.1, 0.15) is 30.3 Å². The zero-order valence-electron chi connectivity index (χ0n) is 15.3. The second-order valence-electron chi connectivity index (χ2n) is 5.38. The molecule has 2 N–H and O–H groups in total. The first-order valence-corrected chi connectivity index (χ1v) is 9.03. The van der Waals surface area contributed by atoms with Crippen LogP contribution in [0.15, 0.2) is 23.3 Å². The molecule has 0 bridgehead atoms. The largest absolute Gasteiger partial charge is 0.493 e. The Labute approximate surface area is 160 Å². The highest BCUT2D eigenvalue weighted by atomic mass is 32.1. The third-order valence-electron chi connectivity index (χ3n) is 3.31. The van der Waals surface area contributed by atoms with Gasteiger partial charge in [0, 0.05) is 6.42 Å². The van der Waals surface area contributed by atoms with Crippen molar-refractivity contribution < 1.29 is 19.1 Å². The Hall–Kier alpha value is -3.01. The lowest BCUT2D eigenvalue weighted by Gasteiger charge is -2.07. The van der Waals surface area contributed by atoms with Gasteiger partial charge in [-0.25, -0.2) is 5.43 Å². The first-order valence-electron chi connectivity index (χ1n) is 8.21. The zero-order valence-corrected chi connectivity index (χ0v) is 16.1. The number of rotatable bonds is 9. The van der Waals surface area contributed by atoms with E-state index in [1.807, 2.05) is 6.92 Å². The standard InChI is InChI=1S/C17H21N5O4S/c1-4-5-14(23)19-17-22-21-16(27-17)9-15(24)20-18-10-11-6-7-12(25-2)13(8-11)26-3/h6-8,10H,4-5,9H2,1-3H3,(H,20,24)(H,19,22,23). The average Bonchev–Trinajstić information content (AvgIpc) is 3.08. The minimum Gasteiger partial charge on any atom is -0.493 e. The summed E-state index contributed by atoms with van der Waals surface area (Å²) in [5, 5.41) is 15.2. The number of nitrogens with zero attached hydrogens (tertiary/aromatic N) is 3. The summed E-state index contributed by atoms with van der Waals surface area (Å²) in [5.41, 5.74) is 3.17. The van der Waals surface area contributed by atoms with E-state index >= 15 is 0 Å². The van der Waals surface area contributed by atoms with Crippen molar-refractivity contribution in [2.75, 3.05) is 19.5 Å². The summed E-state index contributed by atoms with van der Waals surface area (Å²) in [4.78, 5) is 23.5. The highest BCUT2D eigenvalue weighted by Crippen LogP contribution is 2.26. The first kappa shape index (κ1) is 20.3. The van der Waals surface area contributed by atoms with Crippen LogP contribution in [0.25, 0.3) is 0 Å². The van der Waals surface area contributed by atoms with Crippen molar-refractivity contribution >= 4 is 34.5 Å². The van der Waals surface area contributed by atoms with Gasteiger partial charge in [0.25, 0.3) is 0 Å². The molecule has 0 radical (unpaired) electrons. The van der Waals surface area contributed by atoms with Crippen molar-refractivity contribution in [1.29, 1.82) is 0 Å². The summed E-state index contributed by atoms with van der Waals surface area (Å²) in [6.07, 6.45) is 2.68. The number of hydrogen-bond acceptors (Lipinski definition) is 8. The minimum absolute atomic E-state index is 0.0184. The van der Waals surface area contributed by atoms with Crippen LogP contribution in [0.2, 0.25) is 0 Å². The third kappa shape index (κ3) is 6.33. The lowest BCUT2D eigenvalue weighted by atomic mass is 10.2.